The molecule has 0 spiro atoms. The Kier molecular flexibility index (Phi) is 4.02. The molecule has 0 aromatic carbocycles. The number of amidine groups is 1. The van der Waals surface area contributed by atoms with Gasteiger partial charge >= 0.3 is 5.91 Å². The number of hydrogen-bond donors (Lipinski definition) is 3. The van der Waals surface area contributed by atoms with Crippen molar-refractivity contribution < 1.29 is 14.6 Å². The van der Waals surface area contributed by atoms with Crippen molar-refractivity contribution >= 4 is 17.6 Å². The average molecular weight is 323 g/mol. The largest absolute Gasteiger partial charge is 0.463 e. The topological polar surface area (TPSA) is 133 Å². The van der Waals surface area contributed by atoms with Crippen LogP contribution in [0.2, 0.25) is 0 Å². The third-order valence-corrected chi connectivity index (χ3v) is 3.27. The number of nitrogen functional groups attached to an aromatic ring is 1. The van der Waals surface area contributed by atoms with Crippen molar-refractivity contribution in [3.8, 4) is 22.7 Å². The second-order valence-corrected chi connectivity index (χ2v) is 4.98. The van der Waals surface area contributed by atoms with Crippen LogP contribution in [0.3, 0.4) is 0 Å². The molecule has 0 saturated heterocycles. The quantitative estimate of drug-likeness (QED) is 0.460. The molecule has 0 radical (unpaired) electrons. The van der Waals surface area contributed by atoms with E-state index in [4.69, 9.17) is 15.6 Å². The molecule has 0 saturated carbocycles. The fourth-order valence-electron chi connectivity index (χ4n) is 2.25. The van der Waals surface area contributed by atoms with E-state index >= 15 is 0 Å². The molecule has 0 unspecified atom stereocenters. The molecule has 0 aliphatic rings. The monoisotopic (exact) mass is 323 g/mol. The SMILES string of the molecule is CC(=O)NC(=[NH2+])c1cc(-c2ccncn2)c(-c2ccco2)nc1N. The first kappa shape index (κ1) is 15.3. The van der Waals surface area contributed by atoms with Crippen molar-refractivity contribution in [2.45, 2.75) is 6.92 Å². The number of anilines is 1. The van der Waals surface area contributed by atoms with Crippen LogP contribution in [0.25, 0.3) is 22.7 Å². The van der Waals surface area contributed by atoms with Gasteiger partial charge in [0.1, 0.15) is 23.4 Å². The molecule has 0 aliphatic heterocycles. The van der Waals surface area contributed by atoms with E-state index in [2.05, 4.69) is 20.3 Å². The van der Waals surface area contributed by atoms with Crippen molar-refractivity contribution in [2.24, 2.45) is 0 Å². The van der Waals surface area contributed by atoms with Crippen LogP contribution in [0.4, 0.5) is 5.82 Å². The molecule has 24 heavy (non-hydrogen) atoms. The van der Waals surface area contributed by atoms with E-state index in [0.717, 1.165) is 0 Å². The number of rotatable bonds is 3. The van der Waals surface area contributed by atoms with Gasteiger partial charge in [-0.05, 0) is 24.3 Å². The maximum Gasteiger partial charge on any atom is 0.304 e. The predicted molar refractivity (Wildman–Crippen MR) is 87.2 cm³/mol. The number of nitrogens with two attached hydrogens (primary N) is 2. The number of hydrogen-bond acceptors (Lipinski definition) is 6. The number of nitrogens with zero attached hydrogens (tertiary/aromatic N) is 3. The lowest BCUT2D eigenvalue weighted by atomic mass is 10.0. The molecule has 3 aromatic heterocycles. The van der Waals surface area contributed by atoms with E-state index in [1.807, 2.05) is 0 Å². The Bertz CT molecular complexity index is 890. The Morgan fingerprint density at radius 2 is 2.21 bits per heavy atom. The van der Waals surface area contributed by atoms with Crippen molar-refractivity contribution in [3.05, 3.63) is 48.6 Å². The van der Waals surface area contributed by atoms with Gasteiger partial charge in [0.2, 0.25) is 0 Å². The van der Waals surface area contributed by atoms with Gasteiger partial charge in [-0.1, -0.05) is 0 Å². The maximum absolute atomic E-state index is 11.2. The Balaban J connectivity index is 2.19. The Morgan fingerprint density at radius 3 is 2.83 bits per heavy atom. The predicted octanol–water partition coefficient (Wildman–Crippen LogP) is 0.0226. The third kappa shape index (κ3) is 2.98. The van der Waals surface area contributed by atoms with Gasteiger partial charge in [-0.3, -0.25) is 5.41 Å². The lowest BCUT2D eigenvalue weighted by Gasteiger charge is -2.10. The Hall–Kier alpha value is -3.55. The normalized spacial score (nSPS) is 10.4. The first-order chi connectivity index (χ1) is 11.6. The van der Waals surface area contributed by atoms with Gasteiger partial charge in [-0.25, -0.2) is 25.1 Å². The van der Waals surface area contributed by atoms with Crippen molar-refractivity contribution in [3.63, 3.8) is 0 Å². The van der Waals surface area contributed by atoms with E-state index in [9.17, 15) is 4.79 Å². The minimum atomic E-state index is -0.300. The second-order valence-electron chi connectivity index (χ2n) is 4.98. The summed E-state index contributed by atoms with van der Waals surface area (Å²) >= 11 is 0. The molecular weight excluding hydrogens is 308 g/mol. The van der Waals surface area contributed by atoms with Crippen LogP contribution in [-0.4, -0.2) is 26.7 Å². The molecule has 3 heterocycles. The summed E-state index contributed by atoms with van der Waals surface area (Å²) in [5.74, 6) is 0.532. The molecule has 1 amide bonds. The van der Waals surface area contributed by atoms with E-state index in [0.29, 0.717) is 28.3 Å². The summed E-state index contributed by atoms with van der Waals surface area (Å²) in [6, 6.07) is 6.97. The fraction of sp³-hybridized carbons (Fsp3) is 0.0625. The number of furan rings is 1. The number of pyridine rings is 1. The minimum Gasteiger partial charge on any atom is -0.463 e. The third-order valence-electron chi connectivity index (χ3n) is 3.27. The molecule has 8 nitrogen and oxygen atoms in total. The smallest absolute Gasteiger partial charge is 0.304 e. The first-order valence-electron chi connectivity index (χ1n) is 7.07. The zero-order valence-corrected chi connectivity index (χ0v) is 12.9. The molecule has 8 heteroatoms. The summed E-state index contributed by atoms with van der Waals surface area (Å²) in [6.45, 7) is 1.36. The molecule has 0 atom stereocenters. The zero-order chi connectivity index (χ0) is 17.1. The fourth-order valence-corrected chi connectivity index (χ4v) is 2.25. The van der Waals surface area contributed by atoms with Crippen LogP contribution in [0.15, 0.2) is 47.5 Å². The number of aromatic nitrogens is 3. The van der Waals surface area contributed by atoms with Crippen LogP contribution >= 0.6 is 0 Å². The Morgan fingerprint density at radius 1 is 1.38 bits per heavy atom. The van der Waals surface area contributed by atoms with Crippen LogP contribution in [0.1, 0.15) is 12.5 Å². The molecular formula is C16H15N6O2+. The molecule has 0 aliphatic carbocycles. The summed E-state index contributed by atoms with van der Waals surface area (Å²) in [5, 5.41) is 8.43. The van der Waals surface area contributed by atoms with E-state index < -0.39 is 0 Å². The number of amides is 1. The lowest BCUT2D eigenvalue weighted by Crippen LogP contribution is -2.51. The van der Waals surface area contributed by atoms with Crippen LogP contribution in [-0.2, 0) is 4.79 Å². The van der Waals surface area contributed by atoms with Crippen LogP contribution < -0.4 is 16.5 Å². The van der Waals surface area contributed by atoms with E-state index in [-0.39, 0.29) is 17.6 Å². The lowest BCUT2D eigenvalue weighted by molar-refractivity contribution is -0.126. The molecule has 3 rings (SSSR count). The summed E-state index contributed by atoms with van der Waals surface area (Å²) in [6.07, 6.45) is 4.59. The van der Waals surface area contributed by atoms with Gasteiger partial charge < -0.3 is 10.2 Å². The van der Waals surface area contributed by atoms with Crippen molar-refractivity contribution in [1.82, 2.24) is 20.3 Å². The van der Waals surface area contributed by atoms with Crippen LogP contribution in [0.5, 0.6) is 0 Å². The van der Waals surface area contributed by atoms with Gasteiger partial charge in [0.05, 0.1) is 12.0 Å². The highest BCUT2D eigenvalue weighted by Crippen LogP contribution is 2.32. The summed E-state index contributed by atoms with van der Waals surface area (Å²) < 4.78 is 5.43. The standard InChI is InChI=1S/C16H14N6O2/c1-9(23)21-15(17)11-7-10(12-4-5-19-8-20-12)14(22-16(11)18)13-3-2-6-24-13/h2-8H,1H3,(H2,18,22)(H2,17,21,23)/p+1. The van der Waals surface area contributed by atoms with Gasteiger partial charge in [0.15, 0.2) is 5.76 Å². The highest BCUT2D eigenvalue weighted by Gasteiger charge is 2.21. The minimum absolute atomic E-state index is 0.119. The molecule has 120 valence electrons. The Labute approximate surface area is 137 Å². The highest BCUT2D eigenvalue weighted by atomic mass is 16.3. The zero-order valence-electron chi connectivity index (χ0n) is 12.9. The van der Waals surface area contributed by atoms with Crippen molar-refractivity contribution in [1.29, 1.82) is 0 Å². The number of carbonyl (C=O) groups is 1. The number of carbonyl (C=O) groups excluding carboxylic acids is 1. The van der Waals surface area contributed by atoms with Gasteiger partial charge in [-0.15, -0.1) is 0 Å². The van der Waals surface area contributed by atoms with Crippen LogP contribution in [0, 0.1) is 0 Å². The first-order valence-corrected chi connectivity index (χ1v) is 7.07. The summed E-state index contributed by atoms with van der Waals surface area (Å²) in [7, 11) is 0. The van der Waals surface area contributed by atoms with Gasteiger partial charge in [-0.2, -0.15) is 0 Å². The molecule has 3 aromatic rings. The highest BCUT2D eigenvalue weighted by molar-refractivity contribution is 6.07. The molecule has 0 fully saturated rings. The summed E-state index contributed by atoms with van der Waals surface area (Å²) in [5.41, 5.74) is 8.23. The molecule has 0 bridgehead atoms. The summed E-state index contributed by atoms with van der Waals surface area (Å²) in [4.78, 5) is 23.8. The van der Waals surface area contributed by atoms with Gasteiger partial charge in [0.25, 0.3) is 5.84 Å². The number of nitrogens with one attached hydrogen (secondary N) is 1. The molecule has 5 N–H and O–H groups in total. The van der Waals surface area contributed by atoms with E-state index in [1.54, 1.807) is 36.7 Å². The van der Waals surface area contributed by atoms with Gasteiger partial charge in [0, 0.05) is 18.7 Å². The van der Waals surface area contributed by atoms with E-state index in [1.165, 1.54) is 13.3 Å². The average Bonchev–Trinajstić information content (AvgIpc) is 3.09. The maximum atomic E-state index is 11.2. The second kappa shape index (κ2) is 6.29. The van der Waals surface area contributed by atoms with Crippen molar-refractivity contribution in [2.75, 3.05) is 5.73 Å².